The van der Waals surface area contributed by atoms with E-state index in [0.29, 0.717) is 13.0 Å². The van der Waals surface area contributed by atoms with Gasteiger partial charge in [0.25, 0.3) is 0 Å². The molecule has 0 radical (unpaired) electrons. The van der Waals surface area contributed by atoms with Crippen molar-refractivity contribution in [3.05, 3.63) is 16.1 Å². The molecule has 21 heavy (non-hydrogen) atoms. The van der Waals surface area contributed by atoms with Crippen molar-refractivity contribution >= 4 is 17.2 Å². The maximum absolute atomic E-state index is 11.9. The van der Waals surface area contributed by atoms with Crippen LogP contribution >= 0.6 is 11.3 Å². The van der Waals surface area contributed by atoms with Crippen molar-refractivity contribution in [2.45, 2.75) is 52.2 Å². The summed E-state index contributed by atoms with van der Waals surface area (Å²) in [5.74, 6) is -0.107. The van der Waals surface area contributed by atoms with Crippen LogP contribution in [0.25, 0.3) is 0 Å². The third-order valence-corrected chi connectivity index (χ3v) is 5.30. The lowest BCUT2D eigenvalue weighted by molar-refractivity contribution is -0.238. The van der Waals surface area contributed by atoms with E-state index >= 15 is 0 Å². The predicted molar refractivity (Wildman–Crippen MR) is 82.3 cm³/mol. The lowest BCUT2D eigenvalue weighted by Gasteiger charge is -2.57. The number of thiazole rings is 1. The fourth-order valence-electron chi connectivity index (χ4n) is 2.72. The molecular formula is C15H24N2O3S. The van der Waals surface area contributed by atoms with Crippen LogP contribution < -0.4 is 5.32 Å². The van der Waals surface area contributed by atoms with Crippen LogP contribution in [0.15, 0.2) is 5.38 Å². The Morgan fingerprint density at radius 3 is 2.86 bits per heavy atom. The minimum atomic E-state index is -0.902. The Labute approximate surface area is 129 Å². The van der Waals surface area contributed by atoms with Crippen LogP contribution in [0, 0.1) is 12.3 Å². The molecule has 1 aromatic heterocycles. The summed E-state index contributed by atoms with van der Waals surface area (Å²) in [6.45, 7) is 8.72. The number of amides is 1. The summed E-state index contributed by atoms with van der Waals surface area (Å²) in [6.07, 6.45) is 0.866. The van der Waals surface area contributed by atoms with E-state index in [-0.39, 0.29) is 30.4 Å². The van der Waals surface area contributed by atoms with Gasteiger partial charge >= 0.3 is 0 Å². The van der Waals surface area contributed by atoms with E-state index in [0.717, 1.165) is 10.7 Å². The Balaban J connectivity index is 1.84. The standard InChI is InChI=1S/C15H24N2O3S/c1-5-20-12-7-15(19,14(12,3)4)9-16-13(18)6-11-8-21-10(2)17-11/h8,12,19H,5-7,9H2,1-4H3,(H,16,18)/t12-,15+/m0/s1. The summed E-state index contributed by atoms with van der Waals surface area (Å²) < 4.78 is 5.61. The summed E-state index contributed by atoms with van der Waals surface area (Å²) in [5.41, 5.74) is -0.476. The maximum atomic E-state index is 11.9. The third kappa shape index (κ3) is 3.27. The molecular weight excluding hydrogens is 288 g/mol. The molecule has 1 amide bonds. The molecule has 1 fully saturated rings. The van der Waals surface area contributed by atoms with Crippen molar-refractivity contribution in [1.29, 1.82) is 0 Å². The second-order valence-electron chi connectivity index (χ2n) is 6.21. The molecule has 0 bridgehead atoms. The lowest BCUT2D eigenvalue weighted by Crippen LogP contribution is -2.68. The number of nitrogens with one attached hydrogen (secondary N) is 1. The molecule has 0 aromatic carbocycles. The lowest BCUT2D eigenvalue weighted by atomic mass is 9.56. The average molecular weight is 312 g/mol. The van der Waals surface area contributed by atoms with E-state index in [9.17, 15) is 9.90 Å². The molecule has 2 rings (SSSR count). The van der Waals surface area contributed by atoms with E-state index < -0.39 is 5.60 Å². The first kappa shape index (κ1) is 16.4. The Morgan fingerprint density at radius 1 is 1.62 bits per heavy atom. The highest BCUT2D eigenvalue weighted by atomic mass is 32.1. The van der Waals surface area contributed by atoms with Gasteiger partial charge < -0.3 is 15.2 Å². The Morgan fingerprint density at radius 2 is 2.33 bits per heavy atom. The molecule has 118 valence electrons. The van der Waals surface area contributed by atoms with E-state index in [1.54, 1.807) is 0 Å². The first-order valence-corrected chi connectivity index (χ1v) is 8.18. The summed E-state index contributed by atoms with van der Waals surface area (Å²) in [5, 5.41) is 16.3. The molecule has 0 aliphatic heterocycles. The number of rotatable bonds is 6. The molecule has 0 saturated heterocycles. The normalized spacial score (nSPS) is 27.2. The number of carbonyl (C=O) groups is 1. The van der Waals surface area contributed by atoms with Crippen LogP contribution in [0.3, 0.4) is 0 Å². The van der Waals surface area contributed by atoms with E-state index in [1.807, 2.05) is 33.1 Å². The van der Waals surface area contributed by atoms with Crippen molar-refractivity contribution < 1.29 is 14.6 Å². The van der Waals surface area contributed by atoms with E-state index in [1.165, 1.54) is 11.3 Å². The molecule has 1 aromatic rings. The number of hydrogen-bond acceptors (Lipinski definition) is 5. The molecule has 0 unspecified atom stereocenters. The first-order chi connectivity index (χ1) is 9.78. The topological polar surface area (TPSA) is 71.5 Å². The Hall–Kier alpha value is -0.980. The SMILES string of the molecule is CCO[C@H]1C[C@@](O)(CNC(=O)Cc2csc(C)n2)C1(C)C. The third-order valence-electron chi connectivity index (χ3n) is 4.48. The fourth-order valence-corrected chi connectivity index (χ4v) is 3.34. The van der Waals surface area contributed by atoms with Crippen LogP contribution in [0.1, 0.15) is 37.9 Å². The van der Waals surface area contributed by atoms with Gasteiger partial charge in [-0.2, -0.15) is 0 Å². The second kappa shape index (κ2) is 6.02. The summed E-state index contributed by atoms with van der Waals surface area (Å²) >= 11 is 1.53. The van der Waals surface area contributed by atoms with Gasteiger partial charge in [0.15, 0.2) is 0 Å². The monoisotopic (exact) mass is 312 g/mol. The first-order valence-electron chi connectivity index (χ1n) is 7.30. The molecule has 1 heterocycles. The number of aryl methyl sites for hydroxylation is 1. The zero-order valence-electron chi connectivity index (χ0n) is 13.1. The van der Waals surface area contributed by atoms with E-state index in [2.05, 4.69) is 10.3 Å². The van der Waals surface area contributed by atoms with Gasteiger partial charge in [-0.15, -0.1) is 11.3 Å². The fraction of sp³-hybridized carbons (Fsp3) is 0.733. The second-order valence-corrected chi connectivity index (χ2v) is 7.27. The van der Waals surface area contributed by atoms with Crippen LogP contribution in [0.5, 0.6) is 0 Å². The minimum Gasteiger partial charge on any atom is -0.387 e. The number of nitrogens with zero attached hydrogens (tertiary/aromatic N) is 1. The Kier molecular flexibility index (Phi) is 4.70. The van der Waals surface area contributed by atoms with Gasteiger partial charge in [0.2, 0.25) is 5.91 Å². The van der Waals surface area contributed by atoms with Gasteiger partial charge in [0, 0.05) is 30.4 Å². The van der Waals surface area contributed by atoms with Crippen LogP contribution in [0.2, 0.25) is 0 Å². The van der Waals surface area contributed by atoms with Crippen molar-refractivity contribution in [3.63, 3.8) is 0 Å². The zero-order valence-corrected chi connectivity index (χ0v) is 13.9. The summed E-state index contributed by atoms with van der Waals surface area (Å²) in [6, 6.07) is 0. The summed E-state index contributed by atoms with van der Waals surface area (Å²) in [7, 11) is 0. The summed E-state index contributed by atoms with van der Waals surface area (Å²) in [4.78, 5) is 16.2. The van der Waals surface area contributed by atoms with Gasteiger partial charge in [-0.3, -0.25) is 4.79 Å². The van der Waals surface area contributed by atoms with Gasteiger partial charge in [0.05, 0.1) is 28.8 Å². The van der Waals surface area contributed by atoms with Gasteiger partial charge in [-0.1, -0.05) is 13.8 Å². The molecule has 1 aliphatic carbocycles. The maximum Gasteiger partial charge on any atom is 0.226 e. The number of aliphatic hydroxyl groups is 1. The average Bonchev–Trinajstić information content (AvgIpc) is 2.81. The van der Waals surface area contributed by atoms with Crippen LogP contribution in [-0.4, -0.2) is 40.9 Å². The van der Waals surface area contributed by atoms with Gasteiger partial charge in [-0.25, -0.2) is 4.98 Å². The molecule has 5 nitrogen and oxygen atoms in total. The Bertz CT molecular complexity index is 515. The zero-order chi connectivity index (χ0) is 15.7. The number of hydrogen-bond donors (Lipinski definition) is 2. The van der Waals surface area contributed by atoms with Crippen molar-refractivity contribution in [1.82, 2.24) is 10.3 Å². The highest BCUT2D eigenvalue weighted by molar-refractivity contribution is 7.09. The number of ether oxygens (including phenoxy) is 1. The predicted octanol–water partition coefficient (Wildman–Crippen LogP) is 1.68. The number of carbonyl (C=O) groups excluding carboxylic acids is 1. The van der Waals surface area contributed by atoms with Gasteiger partial charge in [-0.05, 0) is 13.8 Å². The van der Waals surface area contributed by atoms with E-state index in [4.69, 9.17) is 4.74 Å². The highest BCUT2D eigenvalue weighted by Gasteiger charge is 2.59. The molecule has 1 saturated carbocycles. The van der Waals surface area contributed by atoms with Crippen molar-refractivity contribution in [2.24, 2.45) is 5.41 Å². The molecule has 1 aliphatic rings. The highest BCUT2D eigenvalue weighted by Crippen LogP contribution is 2.50. The van der Waals surface area contributed by atoms with Crippen LogP contribution in [-0.2, 0) is 16.0 Å². The molecule has 2 atom stereocenters. The smallest absolute Gasteiger partial charge is 0.226 e. The van der Waals surface area contributed by atoms with Crippen molar-refractivity contribution in [3.8, 4) is 0 Å². The van der Waals surface area contributed by atoms with Gasteiger partial charge in [0.1, 0.15) is 0 Å². The van der Waals surface area contributed by atoms with Crippen LogP contribution in [0.4, 0.5) is 0 Å². The number of aromatic nitrogens is 1. The molecule has 6 heteroatoms. The minimum absolute atomic E-state index is 0.0468. The molecule has 0 spiro atoms. The largest absolute Gasteiger partial charge is 0.387 e. The molecule has 2 N–H and O–H groups in total. The van der Waals surface area contributed by atoms with Crippen molar-refractivity contribution in [2.75, 3.05) is 13.2 Å². The quantitative estimate of drug-likeness (QED) is 0.838.